The number of aromatic nitrogens is 1. The quantitative estimate of drug-likeness (QED) is 0.943. The number of ether oxygens (including phenoxy) is 1. The second-order valence-electron chi connectivity index (χ2n) is 3.49. The molecule has 0 spiro atoms. The lowest BCUT2D eigenvalue weighted by Crippen LogP contribution is -1.96. The van der Waals surface area contributed by atoms with Gasteiger partial charge in [-0.15, -0.1) is 0 Å². The summed E-state index contributed by atoms with van der Waals surface area (Å²) in [6, 6.07) is 11.1. The van der Waals surface area contributed by atoms with Crippen LogP contribution in [-0.2, 0) is 0 Å². The third kappa shape index (κ3) is 2.60. The van der Waals surface area contributed by atoms with Crippen LogP contribution in [-0.4, -0.2) is 12.1 Å². The van der Waals surface area contributed by atoms with Crippen LogP contribution >= 0.6 is 15.9 Å². The number of methoxy groups -OCH3 is 1. The van der Waals surface area contributed by atoms with E-state index in [0.717, 1.165) is 15.9 Å². The number of nitrogens with zero attached hydrogens (tertiary/aromatic N) is 2. The second kappa shape index (κ2) is 5.52. The number of hydrogen-bond acceptors (Lipinski definition) is 4. The number of anilines is 2. The highest BCUT2D eigenvalue weighted by atomic mass is 79.9. The molecule has 2 aromatic rings. The summed E-state index contributed by atoms with van der Waals surface area (Å²) >= 11 is 3.41. The number of hydrogen-bond donors (Lipinski definition) is 1. The van der Waals surface area contributed by atoms with Crippen molar-refractivity contribution in [3.05, 3.63) is 46.6 Å². The molecule has 0 aliphatic heterocycles. The van der Waals surface area contributed by atoms with E-state index in [0.29, 0.717) is 11.4 Å². The molecule has 0 bridgehead atoms. The molecule has 0 saturated carbocycles. The maximum absolute atomic E-state index is 8.97. The van der Waals surface area contributed by atoms with Crippen molar-refractivity contribution in [2.24, 2.45) is 0 Å². The van der Waals surface area contributed by atoms with E-state index < -0.39 is 0 Å². The largest absolute Gasteiger partial charge is 0.496 e. The average molecular weight is 304 g/mol. The number of nitrogens with one attached hydrogen (secondary N) is 1. The molecule has 0 unspecified atom stereocenters. The van der Waals surface area contributed by atoms with Crippen LogP contribution in [0, 0.1) is 11.3 Å². The summed E-state index contributed by atoms with van der Waals surface area (Å²) in [6.45, 7) is 0. The number of benzene rings is 1. The molecule has 0 aliphatic carbocycles. The minimum Gasteiger partial charge on any atom is -0.496 e. The molecule has 5 heteroatoms. The van der Waals surface area contributed by atoms with Crippen molar-refractivity contribution in [1.82, 2.24) is 4.98 Å². The molecule has 4 nitrogen and oxygen atoms in total. The predicted molar refractivity (Wildman–Crippen MR) is 72.9 cm³/mol. The molecule has 1 heterocycles. The number of rotatable bonds is 3. The van der Waals surface area contributed by atoms with Crippen LogP contribution in [0.5, 0.6) is 5.75 Å². The minimum atomic E-state index is 0.504. The third-order valence-electron chi connectivity index (χ3n) is 2.34. The van der Waals surface area contributed by atoms with Crippen molar-refractivity contribution in [3.63, 3.8) is 0 Å². The fraction of sp³-hybridized carbons (Fsp3) is 0.0769. The maximum atomic E-state index is 8.97. The lowest BCUT2D eigenvalue weighted by molar-refractivity contribution is 0.412. The molecule has 1 aromatic carbocycles. The van der Waals surface area contributed by atoms with Gasteiger partial charge in [0.2, 0.25) is 0 Å². The molecule has 18 heavy (non-hydrogen) atoms. The van der Waals surface area contributed by atoms with Gasteiger partial charge in [0.05, 0.1) is 17.1 Å². The Kier molecular flexibility index (Phi) is 3.80. The number of nitriles is 1. The summed E-state index contributed by atoms with van der Waals surface area (Å²) in [6.07, 6.45) is 1.64. The number of halogens is 1. The zero-order valence-electron chi connectivity index (χ0n) is 9.64. The zero-order chi connectivity index (χ0) is 13.0. The van der Waals surface area contributed by atoms with Gasteiger partial charge in [-0.05, 0) is 46.3 Å². The highest BCUT2D eigenvalue weighted by molar-refractivity contribution is 9.10. The Hall–Kier alpha value is -2.06. The molecule has 0 aliphatic rings. The van der Waals surface area contributed by atoms with Crippen LogP contribution in [0.25, 0.3) is 0 Å². The lowest BCUT2D eigenvalue weighted by Gasteiger charge is -2.09. The van der Waals surface area contributed by atoms with Crippen molar-refractivity contribution in [2.75, 3.05) is 12.4 Å². The first-order valence-corrected chi connectivity index (χ1v) is 5.99. The summed E-state index contributed by atoms with van der Waals surface area (Å²) in [4.78, 5) is 4.14. The molecular formula is C13H10BrN3O. The van der Waals surface area contributed by atoms with Crippen molar-refractivity contribution >= 4 is 27.4 Å². The van der Waals surface area contributed by atoms with Crippen LogP contribution in [0.3, 0.4) is 0 Å². The monoisotopic (exact) mass is 303 g/mol. The summed E-state index contributed by atoms with van der Waals surface area (Å²) in [5.41, 5.74) is 1.34. The van der Waals surface area contributed by atoms with Gasteiger partial charge in [0.1, 0.15) is 17.6 Å². The summed E-state index contributed by atoms with van der Waals surface area (Å²) in [7, 11) is 1.61. The van der Waals surface area contributed by atoms with Gasteiger partial charge in [-0.2, -0.15) is 5.26 Å². The van der Waals surface area contributed by atoms with E-state index in [1.54, 1.807) is 25.4 Å². The number of pyridine rings is 1. The van der Waals surface area contributed by atoms with Crippen molar-refractivity contribution < 1.29 is 4.74 Å². The Morgan fingerprint density at radius 1 is 1.39 bits per heavy atom. The van der Waals surface area contributed by atoms with Crippen LogP contribution in [0.15, 0.2) is 41.0 Å². The van der Waals surface area contributed by atoms with Gasteiger partial charge in [-0.1, -0.05) is 0 Å². The fourth-order valence-corrected chi connectivity index (χ4v) is 2.02. The highest BCUT2D eigenvalue weighted by Gasteiger charge is 2.05. The van der Waals surface area contributed by atoms with E-state index >= 15 is 0 Å². The maximum Gasteiger partial charge on any atom is 0.148 e. The Balaban J connectivity index is 2.29. The first-order chi connectivity index (χ1) is 8.74. The molecule has 1 aromatic heterocycles. The van der Waals surface area contributed by atoms with Crippen LogP contribution in [0.4, 0.5) is 11.5 Å². The summed E-state index contributed by atoms with van der Waals surface area (Å²) in [5.74, 6) is 1.29. The highest BCUT2D eigenvalue weighted by Crippen LogP contribution is 2.29. The molecule has 0 amide bonds. The van der Waals surface area contributed by atoms with Crippen molar-refractivity contribution in [3.8, 4) is 11.8 Å². The zero-order valence-corrected chi connectivity index (χ0v) is 11.2. The van der Waals surface area contributed by atoms with Gasteiger partial charge in [0, 0.05) is 11.9 Å². The Bertz CT molecular complexity index is 607. The predicted octanol–water partition coefficient (Wildman–Crippen LogP) is 3.47. The lowest BCUT2D eigenvalue weighted by atomic mass is 10.2. The molecule has 90 valence electrons. The molecule has 0 atom stereocenters. The molecule has 1 N–H and O–H groups in total. The first-order valence-electron chi connectivity index (χ1n) is 5.20. The van der Waals surface area contributed by atoms with Crippen molar-refractivity contribution in [2.45, 2.75) is 0 Å². The van der Waals surface area contributed by atoms with E-state index in [2.05, 4.69) is 32.3 Å². The van der Waals surface area contributed by atoms with Gasteiger partial charge in [-0.25, -0.2) is 4.98 Å². The Morgan fingerprint density at radius 2 is 2.22 bits per heavy atom. The first kappa shape index (κ1) is 12.4. The standard InChI is InChI=1S/C13H10BrN3O/c1-18-12-5-4-10(7-11(12)14)17-13-9(8-15)3-2-6-16-13/h2-7H,1H3,(H,16,17). The fourth-order valence-electron chi connectivity index (χ4n) is 1.48. The molecule has 0 radical (unpaired) electrons. The van der Waals surface area contributed by atoms with Crippen molar-refractivity contribution in [1.29, 1.82) is 5.26 Å². The molecular weight excluding hydrogens is 294 g/mol. The van der Waals surface area contributed by atoms with Gasteiger partial charge in [-0.3, -0.25) is 0 Å². The van der Waals surface area contributed by atoms with Gasteiger partial charge < -0.3 is 10.1 Å². The topological polar surface area (TPSA) is 57.9 Å². The van der Waals surface area contributed by atoms with Gasteiger partial charge in [0.25, 0.3) is 0 Å². The van der Waals surface area contributed by atoms with Crippen LogP contribution in [0.1, 0.15) is 5.56 Å². The van der Waals surface area contributed by atoms with E-state index in [1.165, 1.54) is 0 Å². The average Bonchev–Trinajstić information content (AvgIpc) is 2.39. The third-order valence-corrected chi connectivity index (χ3v) is 2.96. The van der Waals surface area contributed by atoms with E-state index in [9.17, 15) is 0 Å². The smallest absolute Gasteiger partial charge is 0.148 e. The SMILES string of the molecule is COc1ccc(Nc2ncccc2C#N)cc1Br. The van der Waals surface area contributed by atoms with E-state index in [4.69, 9.17) is 10.00 Å². The van der Waals surface area contributed by atoms with E-state index in [-0.39, 0.29) is 0 Å². The minimum absolute atomic E-state index is 0.504. The normalized spacial score (nSPS) is 9.61. The molecule has 0 fully saturated rings. The van der Waals surface area contributed by atoms with E-state index in [1.807, 2.05) is 18.2 Å². The molecule has 0 saturated heterocycles. The van der Waals surface area contributed by atoms with Crippen LogP contribution < -0.4 is 10.1 Å². The van der Waals surface area contributed by atoms with Crippen LogP contribution in [0.2, 0.25) is 0 Å². The Morgan fingerprint density at radius 3 is 2.89 bits per heavy atom. The summed E-state index contributed by atoms with van der Waals surface area (Å²) < 4.78 is 5.99. The van der Waals surface area contributed by atoms with Gasteiger partial charge >= 0.3 is 0 Å². The molecule has 2 rings (SSSR count). The second-order valence-corrected chi connectivity index (χ2v) is 4.34. The Labute approximate surface area is 113 Å². The summed E-state index contributed by atoms with van der Waals surface area (Å²) in [5, 5.41) is 12.1. The van der Waals surface area contributed by atoms with Gasteiger partial charge in [0.15, 0.2) is 0 Å².